The van der Waals surface area contributed by atoms with Crippen LogP contribution in [0.2, 0.25) is 0 Å². The Hall–Kier alpha value is -8.84. The maximum Gasteiger partial charge on any atom is 0.229 e. The van der Waals surface area contributed by atoms with Crippen LogP contribution in [0.15, 0.2) is 146 Å². The van der Waals surface area contributed by atoms with Crippen LogP contribution in [0.3, 0.4) is 0 Å². The van der Waals surface area contributed by atoms with E-state index in [1.165, 1.54) is 84.9 Å². The van der Waals surface area contributed by atoms with E-state index in [2.05, 4.69) is 0 Å². The van der Waals surface area contributed by atoms with Crippen molar-refractivity contribution < 1.29 is 85.3 Å². The smallest absolute Gasteiger partial charge is 0.229 e. The van der Waals surface area contributed by atoms with E-state index in [0.29, 0.717) is 72.5 Å². The molecule has 0 amide bonds. The highest BCUT2D eigenvalue weighted by molar-refractivity contribution is 5.74. The highest BCUT2D eigenvalue weighted by atomic mass is 16.7. The molecule has 0 aromatic heterocycles. The Labute approximate surface area is 450 Å². The summed E-state index contributed by atoms with van der Waals surface area (Å²) in [4.78, 5) is 0. The number of fused-ring (bicyclic) bond motifs is 3. The van der Waals surface area contributed by atoms with Gasteiger partial charge in [-0.3, -0.25) is 0 Å². The summed E-state index contributed by atoms with van der Waals surface area (Å²) in [5.41, 5.74) is 6.23. The summed E-state index contributed by atoms with van der Waals surface area (Å²) in [5.74, 6) is -6.12. The molecule has 8 aromatic rings. The second kappa shape index (κ2) is 18.7. The summed E-state index contributed by atoms with van der Waals surface area (Å²) in [6, 6.07) is 37.7. The molecule has 79 heavy (non-hydrogen) atoms. The minimum absolute atomic E-state index is 0.00235. The average molecular weight is 1070 g/mol. The first-order chi connectivity index (χ1) is 38.0. The molecule has 5 aliphatic rings. The Morgan fingerprint density at radius 2 is 0.873 bits per heavy atom. The Morgan fingerprint density at radius 1 is 0.367 bits per heavy atom. The van der Waals surface area contributed by atoms with Crippen LogP contribution in [0.1, 0.15) is 114 Å². The first-order valence-corrected chi connectivity index (χ1v) is 25.7. The fourth-order valence-electron chi connectivity index (χ4n) is 13.4. The van der Waals surface area contributed by atoms with Crippen LogP contribution in [-0.4, -0.2) is 104 Å². The summed E-state index contributed by atoms with van der Waals surface area (Å²) >= 11 is 0. The molecule has 13 N–H and O–H groups in total. The highest BCUT2D eigenvalue weighted by Crippen LogP contribution is 2.72. The number of phenols is 9. The van der Waals surface area contributed by atoms with Gasteiger partial charge in [-0.15, -0.1) is 0 Å². The van der Waals surface area contributed by atoms with Crippen molar-refractivity contribution in [2.75, 3.05) is 6.61 Å². The van der Waals surface area contributed by atoms with Crippen molar-refractivity contribution in [1.82, 2.24) is 0 Å². The van der Waals surface area contributed by atoms with E-state index >= 15 is 0 Å². The maximum atomic E-state index is 13.1. The molecule has 3 heterocycles. The van der Waals surface area contributed by atoms with Crippen molar-refractivity contribution in [3.05, 3.63) is 212 Å². The van der Waals surface area contributed by atoms with Crippen LogP contribution >= 0.6 is 0 Å². The number of phenolic OH excluding ortho intramolecular Hbond substituents is 9. The summed E-state index contributed by atoms with van der Waals surface area (Å²) in [6.45, 7) is -0.743. The lowest BCUT2D eigenvalue weighted by atomic mass is 9.68. The minimum atomic E-state index is -1.84. The largest absolute Gasteiger partial charge is 0.508 e. The van der Waals surface area contributed by atoms with Gasteiger partial charge in [-0.25, -0.2) is 0 Å². The standard InChI is InChI=1S/C62H52O17/c63-25-45-57(73)58(74)59(75)62(79-45)76-38-22-40(50-43(23-38)77-60(28-5-13-33(66)14-6-28)48(50)30-17-35(68)19-36(69)18-30)51-47(27-3-11-32(65)12-4-27)55-46(26-1-9-31(64)10-2-26)49-39(20-37(70)21-41(49)71)52-54-44(24-42(72)53(51)56(54)55)78-61(52)29-7-15-34(67)16-8-29/h1-24,45-48,51-52,55,57-75H,25H2. The summed E-state index contributed by atoms with van der Waals surface area (Å²) < 4.78 is 26.3. The van der Waals surface area contributed by atoms with Gasteiger partial charge in [0.15, 0.2) is 0 Å². The Balaban J connectivity index is 1.14. The van der Waals surface area contributed by atoms with Crippen molar-refractivity contribution in [3.63, 3.8) is 0 Å². The normalized spacial score (nSPS) is 27.0. The summed E-state index contributed by atoms with van der Waals surface area (Å²) in [6.07, 6.45) is -10.2. The fraction of sp³-hybridized carbons (Fsp3) is 0.226. The lowest BCUT2D eigenvalue weighted by Crippen LogP contribution is -2.60. The molecule has 17 nitrogen and oxygen atoms in total. The molecule has 13 atom stereocenters. The van der Waals surface area contributed by atoms with E-state index < -0.39 is 85.0 Å². The molecular formula is C62H52O17. The number of aliphatic hydroxyl groups excluding tert-OH is 4. The van der Waals surface area contributed by atoms with E-state index in [0.717, 1.165) is 0 Å². The molecule has 0 bridgehead atoms. The van der Waals surface area contributed by atoms with Gasteiger partial charge in [0.25, 0.3) is 0 Å². The summed E-state index contributed by atoms with van der Waals surface area (Å²) in [5, 5.41) is 146. The van der Waals surface area contributed by atoms with Crippen LogP contribution in [0.25, 0.3) is 0 Å². The van der Waals surface area contributed by atoms with Crippen LogP contribution in [-0.2, 0) is 4.74 Å². The molecule has 3 aliphatic heterocycles. The van der Waals surface area contributed by atoms with Gasteiger partial charge >= 0.3 is 0 Å². The zero-order valence-electron chi connectivity index (χ0n) is 41.5. The predicted molar refractivity (Wildman–Crippen MR) is 281 cm³/mol. The fourth-order valence-corrected chi connectivity index (χ4v) is 13.4. The topological polar surface area (TPSA) is 300 Å². The molecule has 13 rings (SSSR count). The predicted octanol–water partition coefficient (Wildman–Crippen LogP) is 7.91. The Bertz CT molecular complexity index is 3660. The van der Waals surface area contributed by atoms with Gasteiger partial charge in [-0.05, 0) is 117 Å². The van der Waals surface area contributed by atoms with Gasteiger partial charge < -0.3 is 85.3 Å². The third-order valence-electron chi connectivity index (χ3n) is 16.5. The second-order valence-electron chi connectivity index (χ2n) is 21.0. The van der Waals surface area contributed by atoms with Crippen molar-refractivity contribution in [2.24, 2.45) is 0 Å². The van der Waals surface area contributed by atoms with Gasteiger partial charge in [0.2, 0.25) is 6.29 Å². The minimum Gasteiger partial charge on any atom is -0.508 e. The van der Waals surface area contributed by atoms with Gasteiger partial charge in [-0.2, -0.15) is 0 Å². The zero-order valence-corrected chi connectivity index (χ0v) is 41.5. The molecule has 0 spiro atoms. The third kappa shape index (κ3) is 8.02. The molecule has 0 radical (unpaired) electrons. The van der Waals surface area contributed by atoms with Gasteiger partial charge in [-0.1, -0.05) is 48.5 Å². The van der Waals surface area contributed by atoms with Crippen molar-refractivity contribution in [2.45, 2.75) is 78.4 Å². The van der Waals surface area contributed by atoms with E-state index in [-0.39, 0.29) is 63.2 Å². The van der Waals surface area contributed by atoms with E-state index in [4.69, 9.17) is 18.9 Å². The first-order valence-electron chi connectivity index (χ1n) is 25.7. The van der Waals surface area contributed by atoms with Crippen molar-refractivity contribution >= 4 is 0 Å². The number of benzene rings is 8. The number of aliphatic hydroxyl groups is 4. The Kier molecular flexibility index (Phi) is 11.8. The highest BCUT2D eigenvalue weighted by Gasteiger charge is 2.58. The van der Waals surface area contributed by atoms with Gasteiger partial charge in [0, 0.05) is 70.2 Å². The van der Waals surface area contributed by atoms with E-state index in [1.54, 1.807) is 60.7 Å². The average Bonchev–Trinajstić information content (AvgIpc) is 3.97. The Morgan fingerprint density at radius 3 is 1.46 bits per heavy atom. The zero-order chi connectivity index (χ0) is 54.9. The molecule has 1 saturated heterocycles. The lowest BCUT2D eigenvalue weighted by Gasteiger charge is -2.39. The molecule has 1 fully saturated rings. The maximum absolute atomic E-state index is 13.1. The summed E-state index contributed by atoms with van der Waals surface area (Å²) in [7, 11) is 0. The quantitative estimate of drug-likeness (QED) is 0.0653. The molecule has 402 valence electrons. The third-order valence-corrected chi connectivity index (χ3v) is 16.5. The monoisotopic (exact) mass is 1070 g/mol. The molecule has 2 aliphatic carbocycles. The van der Waals surface area contributed by atoms with Gasteiger partial charge in [0.05, 0.1) is 18.4 Å². The van der Waals surface area contributed by atoms with Gasteiger partial charge in [0.1, 0.15) is 106 Å². The molecule has 17 heteroatoms. The van der Waals surface area contributed by atoms with Crippen molar-refractivity contribution in [3.8, 4) is 69.0 Å². The van der Waals surface area contributed by atoms with E-state index in [1.807, 2.05) is 0 Å². The van der Waals surface area contributed by atoms with Crippen LogP contribution in [0.4, 0.5) is 0 Å². The molecular weight excluding hydrogens is 1020 g/mol. The molecule has 8 aromatic carbocycles. The van der Waals surface area contributed by atoms with Crippen LogP contribution in [0, 0.1) is 0 Å². The van der Waals surface area contributed by atoms with Crippen molar-refractivity contribution in [1.29, 1.82) is 0 Å². The second-order valence-corrected chi connectivity index (χ2v) is 21.0. The van der Waals surface area contributed by atoms with E-state index in [9.17, 15) is 66.4 Å². The van der Waals surface area contributed by atoms with Crippen LogP contribution < -0.4 is 14.2 Å². The lowest BCUT2D eigenvalue weighted by molar-refractivity contribution is -0.277. The number of rotatable bonds is 9. The number of ether oxygens (including phenoxy) is 4. The number of hydrogen-bond acceptors (Lipinski definition) is 17. The van der Waals surface area contributed by atoms with Crippen LogP contribution in [0.5, 0.6) is 69.0 Å². The molecule has 0 saturated carbocycles. The SMILES string of the molecule is OCC1OC(Oc2cc3c(c(C4c5c(O)cc6c7c5C(C(c5ccc(O)cc5)c5c(O)cc(O)cc5C7C(c5ccc(O)cc5)O6)C4c4ccc(O)cc4)c2)C(c2cc(O)cc(O)c2)C(c2ccc(O)cc2)O3)C(O)C(O)C1O. The number of aromatic hydroxyl groups is 9. The first kappa shape index (κ1) is 49.7. The number of hydrogen-bond donors (Lipinski definition) is 13. The molecule has 13 unspecified atom stereocenters.